The van der Waals surface area contributed by atoms with Gasteiger partial charge in [0.15, 0.2) is 0 Å². The third-order valence-electron chi connectivity index (χ3n) is 4.58. The van der Waals surface area contributed by atoms with Crippen LogP contribution in [0.2, 0.25) is 0 Å². The molecule has 0 fully saturated rings. The Morgan fingerprint density at radius 1 is 1.06 bits per heavy atom. The Balaban J connectivity index is 1.68. The fraction of sp³-hybridized carbons (Fsp3) is 0.250. The van der Waals surface area contributed by atoms with Crippen LogP contribution in [0, 0.1) is 6.92 Å². The summed E-state index contributed by atoms with van der Waals surface area (Å²) in [4.78, 5) is 26.7. The van der Waals surface area contributed by atoms with E-state index in [0.717, 1.165) is 28.2 Å². The average Bonchev–Trinajstić information content (AvgIpc) is 3.08. The van der Waals surface area contributed by atoms with Gasteiger partial charge in [-0.25, -0.2) is 4.79 Å². The van der Waals surface area contributed by atoms with E-state index in [1.165, 1.54) is 0 Å². The Hall–Kier alpha value is -3.74. The number of carbonyl (C=O) groups is 2. The number of aromatic nitrogens is 1. The second-order valence-corrected chi connectivity index (χ2v) is 8.31. The molecule has 5 N–H and O–H groups in total. The summed E-state index contributed by atoms with van der Waals surface area (Å²) in [6, 6.07) is 17.2. The topological polar surface area (TPSA) is 109 Å². The van der Waals surface area contributed by atoms with Crippen molar-refractivity contribution in [1.29, 1.82) is 0 Å². The van der Waals surface area contributed by atoms with Crippen LogP contribution in [0.4, 0.5) is 16.2 Å². The molecule has 0 unspecified atom stereocenters. The number of nitrogens with two attached hydrogens (primary N) is 1. The summed E-state index contributed by atoms with van der Waals surface area (Å²) in [6.07, 6.45) is -0.483. The molecule has 1 heterocycles. The van der Waals surface area contributed by atoms with Crippen molar-refractivity contribution in [3.8, 4) is 11.3 Å². The molecule has 31 heavy (non-hydrogen) atoms. The van der Waals surface area contributed by atoms with Crippen molar-refractivity contribution in [2.75, 3.05) is 10.6 Å². The van der Waals surface area contributed by atoms with E-state index in [0.29, 0.717) is 17.8 Å². The van der Waals surface area contributed by atoms with E-state index >= 15 is 0 Å². The van der Waals surface area contributed by atoms with Gasteiger partial charge in [0.05, 0.1) is 5.56 Å². The number of amides is 2. The lowest BCUT2D eigenvalue weighted by atomic mass is 10.1. The van der Waals surface area contributed by atoms with Gasteiger partial charge in [0.25, 0.3) is 5.91 Å². The summed E-state index contributed by atoms with van der Waals surface area (Å²) < 4.78 is 5.26. The van der Waals surface area contributed by atoms with Crippen LogP contribution in [0.15, 0.2) is 54.6 Å². The highest BCUT2D eigenvalue weighted by Gasteiger charge is 2.16. The minimum Gasteiger partial charge on any atom is -0.444 e. The van der Waals surface area contributed by atoms with Crippen molar-refractivity contribution in [3.63, 3.8) is 0 Å². The highest BCUT2D eigenvalue weighted by atomic mass is 16.6. The van der Waals surface area contributed by atoms with Crippen LogP contribution < -0.4 is 16.4 Å². The Labute approximate surface area is 182 Å². The van der Waals surface area contributed by atoms with Gasteiger partial charge >= 0.3 is 6.09 Å². The number of para-hydroxylation sites is 1. The third-order valence-corrected chi connectivity index (χ3v) is 4.58. The normalized spacial score (nSPS) is 11.1. The number of aryl methyl sites for hydroxylation is 1. The number of aromatic amines is 1. The minimum absolute atomic E-state index is 0.453. The molecular weight excluding hydrogens is 392 g/mol. The van der Waals surface area contributed by atoms with Crippen molar-refractivity contribution in [3.05, 3.63) is 71.4 Å². The molecule has 2 aromatic carbocycles. The van der Waals surface area contributed by atoms with Gasteiger partial charge in [-0.15, -0.1) is 0 Å². The van der Waals surface area contributed by atoms with E-state index in [-0.39, 0.29) is 0 Å². The highest BCUT2D eigenvalue weighted by molar-refractivity contribution is 5.96. The van der Waals surface area contributed by atoms with E-state index in [2.05, 4.69) is 15.6 Å². The average molecular weight is 421 g/mol. The standard InChI is InChI=1S/C24H28N4O3/c1-15-19(22(25)29)13-21(27-15)18-7-5-6-8-20(18)26-14-16-9-11-17(12-10-16)28-23(30)31-24(2,3)4/h5-13,26-27H,14H2,1-4H3,(H2,25,29)(H,28,30). The van der Waals surface area contributed by atoms with Gasteiger partial charge in [0.2, 0.25) is 0 Å². The number of benzene rings is 2. The molecule has 162 valence electrons. The molecule has 0 spiro atoms. The first-order valence-corrected chi connectivity index (χ1v) is 10.0. The van der Waals surface area contributed by atoms with Crippen LogP contribution in [0.25, 0.3) is 11.3 Å². The molecule has 0 atom stereocenters. The molecule has 3 rings (SSSR count). The highest BCUT2D eigenvalue weighted by Crippen LogP contribution is 2.29. The molecular formula is C24H28N4O3. The Morgan fingerprint density at radius 3 is 2.35 bits per heavy atom. The second kappa shape index (κ2) is 8.95. The molecule has 7 heteroatoms. The van der Waals surface area contributed by atoms with Crippen LogP contribution >= 0.6 is 0 Å². The molecule has 2 amide bonds. The maximum atomic E-state index is 11.9. The molecule has 0 bridgehead atoms. The number of ether oxygens (including phenoxy) is 1. The van der Waals surface area contributed by atoms with Crippen molar-refractivity contribution < 1.29 is 14.3 Å². The predicted octanol–water partition coefficient (Wildman–Crippen LogP) is 5.05. The molecule has 3 aromatic rings. The first-order chi connectivity index (χ1) is 14.6. The molecule has 0 aliphatic carbocycles. The van der Waals surface area contributed by atoms with Crippen molar-refractivity contribution in [1.82, 2.24) is 4.98 Å². The zero-order valence-corrected chi connectivity index (χ0v) is 18.2. The number of H-pyrrole nitrogens is 1. The van der Waals surface area contributed by atoms with Crippen LogP contribution in [0.3, 0.4) is 0 Å². The molecule has 0 saturated heterocycles. The molecule has 0 radical (unpaired) electrons. The van der Waals surface area contributed by atoms with Gasteiger partial charge in [0.1, 0.15) is 5.60 Å². The van der Waals surface area contributed by atoms with Gasteiger partial charge < -0.3 is 20.8 Å². The smallest absolute Gasteiger partial charge is 0.412 e. The lowest BCUT2D eigenvalue weighted by Crippen LogP contribution is -2.27. The van der Waals surface area contributed by atoms with E-state index in [9.17, 15) is 9.59 Å². The van der Waals surface area contributed by atoms with Crippen molar-refractivity contribution in [2.45, 2.75) is 39.8 Å². The molecule has 0 saturated carbocycles. The first-order valence-electron chi connectivity index (χ1n) is 10.0. The number of carbonyl (C=O) groups excluding carboxylic acids is 2. The van der Waals surface area contributed by atoms with Crippen molar-refractivity contribution in [2.24, 2.45) is 5.73 Å². The van der Waals surface area contributed by atoms with Crippen LogP contribution in [0.1, 0.15) is 42.4 Å². The van der Waals surface area contributed by atoms with Gasteiger partial charge in [-0.3, -0.25) is 10.1 Å². The summed E-state index contributed by atoms with van der Waals surface area (Å²) >= 11 is 0. The SMILES string of the molecule is Cc1[nH]c(-c2ccccc2NCc2ccc(NC(=O)OC(C)(C)C)cc2)cc1C(N)=O. The molecule has 0 aliphatic heterocycles. The number of hydrogen-bond acceptors (Lipinski definition) is 4. The van der Waals surface area contributed by atoms with Gasteiger partial charge in [-0.05, 0) is 57.5 Å². The van der Waals surface area contributed by atoms with Crippen LogP contribution in [-0.2, 0) is 11.3 Å². The van der Waals surface area contributed by atoms with E-state index in [1.807, 2.05) is 76.2 Å². The van der Waals surface area contributed by atoms with Gasteiger partial charge in [0, 0.05) is 34.9 Å². The van der Waals surface area contributed by atoms with E-state index < -0.39 is 17.6 Å². The number of anilines is 2. The lowest BCUT2D eigenvalue weighted by molar-refractivity contribution is 0.0635. The maximum Gasteiger partial charge on any atom is 0.412 e. The van der Waals surface area contributed by atoms with Crippen LogP contribution in [-0.4, -0.2) is 22.6 Å². The number of primary amides is 1. The van der Waals surface area contributed by atoms with Gasteiger partial charge in [-0.2, -0.15) is 0 Å². The third kappa shape index (κ3) is 5.88. The summed E-state index contributed by atoms with van der Waals surface area (Å²) in [5.74, 6) is -0.453. The zero-order valence-electron chi connectivity index (χ0n) is 18.2. The van der Waals surface area contributed by atoms with Crippen molar-refractivity contribution >= 4 is 23.4 Å². The Bertz CT molecular complexity index is 1080. The maximum absolute atomic E-state index is 11.9. The van der Waals surface area contributed by atoms with E-state index in [4.69, 9.17) is 10.5 Å². The summed E-state index contributed by atoms with van der Waals surface area (Å²) in [5, 5.41) is 6.15. The first kappa shape index (κ1) is 22.0. The fourth-order valence-electron chi connectivity index (χ4n) is 3.16. The molecule has 0 aliphatic rings. The zero-order chi connectivity index (χ0) is 22.6. The van der Waals surface area contributed by atoms with Crippen LogP contribution in [0.5, 0.6) is 0 Å². The number of hydrogen-bond donors (Lipinski definition) is 4. The summed E-state index contributed by atoms with van der Waals surface area (Å²) in [7, 11) is 0. The molecule has 1 aromatic heterocycles. The predicted molar refractivity (Wildman–Crippen MR) is 123 cm³/mol. The summed E-state index contributed by atoms with van der Waals surface area (Å²) in [5.41, 5.74) is 10.5. The largest absolute Gasteiger partial charge is 0.444 e. The lowest BCUT2D eigenvalue weighted by Gasteiger charge is -2.19. The Kier molecular flexibility index (Phi) is 6.34. The minimum atomic E-state index is -0.544. The van der Waals surface area contributed by atoms with E-state index in [1.54, 1.807) is 6.07 Å². The van der Waals surface area contributed by atoms with Gasteiger partial charge in [-0.1, -0.05) is 30.3 Å². The fourth-order valence-corrected chi connectivity index (χ4v) is 3.16. The quantitative estimate of drug-likeness (QED) is 0.447. The second-order valence-electron chi connectivity index (χ2n) is 8.31. The number of rotatable bonds is 6. The monoisotopic (exact) mass is 420 g/mol. The molecule has 7 nitrogen and oxygen atoms in total. The Morgan fingerprint density at radius 2 is 1.74 bits per heavy atom. The number of nitrogens with one attached hydrogen (secondary N) is 3. The summed E-state index contributed by atoms with van der Waals surface area (Å²) in [6.45, 7) is 7.88.